The Bertz CT molecular complexity index is 1720. The fraction of sp³-hybridized carbons (Fsp3) is 0.771. The van der Waals surface area contributed by atoms with Crippen LogP contribution in [0, 0.1) is 56.2 Å². The first-order valence-corrected chi connectivity index (χ1v) is 22.3. The normalized spacial score (nSPS) is 35.4. The predicted molar refractivity (Wildman–Crippen MR) is 225 cm³/mol. The van der Waals surface area contributed by atoms with Gasteiger partial charge >= 0.3 is 11.9 Å². The molecule has 0 amide bonds. The highest BCUT2D eigenvalue weighted by Gasteiger charge is 2.71. The zero-order valence-corrected chi connectivity index (χ0v) is 37.4. The number of hydrogen-bond donors (Lipinski definition) is 2. The number of allylic oxidation sites excluding steroid dienone is 1. The fourth-order valence-electron chi connectivity index (χ4n) is 13.8. The third-order valence-electron chi connectivity index (χ3n) is 17.1. The number of nitrogens with zero attached hydrogens (tertiary/aromatic N) is 1. The number of hydrogen-bond acceptors (Lipinski definition) is 7. The van der Waals surface area contributed by atoms with E-state index in [1.54, 1.807) is 21.0 Å². The van der Waals surface area contributed by atoms with Crippen molar-refractivity contribution in [3.05, 3.63) is 46.0 Å². The number of fused-ring (bicyclic) bond motifs is 7. The molecule has 9 atom stereocenters. The van der Waals surface area contributed by atoms with E-state index in [0.717, 1.165) is 75.5 Å². The number of ether oxygens (including phenoxy) is 2. The van der Waals surface area contributed by atoms with Crippen LogP contribution in [0.1, 0.15) is 139 Å². The summed E-state index contributed by atoms with van der Waals surface area (Å²) in [6, 6.07) is 7.96. The van der Waals surface area contributed by atoms with Crippen LogP contribution in [-0.4, -0.2) is 71.8 Å². The van der Waals surface area contributed by atoms with Crippen molar-refractivity contribution in [2.45, 2.75) is 152 Å². The quantitative estimate of drug-likeness (QED) is 0.141. The number of carboxylic acids is 1. The lowest BCUT2D eigenvalue weighted by Crippen LogP contribution is -2.66. The molecule has 2 unspecified atom stereocenters. The van der Waals surface area contributed by atoms with Gasteiger partial charge in [-0.25, -0.2) is 0 Å². The first-order valence-electron chi connectivity index (χ1n) is 21.9. The van der Waals surface area contributed by atoms with E-state index in [-0.39, 0.29) is 51.8 Å². The van der Waals surface area contributed by atoms with Crippen LogP contribution >= 0.6 is 11.6 Å². The van der Waals surface area contributed by atoms with Crippen molar-refractivity contribution in [1.29, 1.82) is 0 Å². The number of carbonyl (C=O) groups is 3. The minimum Gasteiger partial charge on any atom is -0.481 e. The maximum absolute atomic E-state index is 14.3. The number of halogens is 1. The highest BCUT2D eigenvalue weighted by Crippen LogP contribution is 2.77. The van der Waals surface area contributed by atoms with Gasteiger partial charge in [0, 0.05) is 55.6 Å². The Kier molecular flexibility index (Phi) is 12.4. The summed E-state index contributed by atoms with van der Waals surface area (Å²) >= 11 is 6.23. The Morgan fingerprint density at radius 3 is 2.26 bits per heavy atom. The number of carbonyl (C=O) groups excluding carboxylic acids is 2. The smallest absolute Gasteiger partial charge is 0.309 e. The van der Waals surface area contributed by atoms with Gasteiger partial charge in [-0.1, -0.05) is 77.8 Å². The number of benzene rings is 1. The summed E-state index contributed by atoms with van der Waals surface area (Å²) in [7, 11) is 1.73. The summed E-state index contributed by atoms with van der Waals surface area (Å²) in [5, 5.41) is 23.0. The van der Waals surface area contributed by atoms with Gasteiger partial charge in [0.1, 0.15) is 6.10 Å². The Hall–Kier alpha value is -2.26. The Morgan fingerprint density at radius 1 is 0.947 bits per heavy atom. The minimum absolute atomic E-state index is 0.0326. The number of Topliss-reactive ketones (excluding diaryl/α,β-unsaturated/α-hetero) is 1. The van der Waals surface area contributed by atoms with Crippen molar-refractivity contribution >= 4 is 29.3 Å². The van der Waals surface area contributed by atoms with Gasteiger partial charge in [-0.15, -0.1) is 0 Å². The molecule has 9 heteroatoms. The molecule has 8 nitrogen and oxygen atoms in total. The zero-order chi connectivity index (χ0) is 41.9. The van der Waals surface area contributed by atoms with Crippen LogP contribution in [0.5, 0.6) is 0 Å². The highest BCUT2D eigenvalue weighted by molar-refractivity contribution is 6.30. The van der Waals surface area contributed by atoms with E-state index in [1.165, 1.54) is 5.57 Å². The Labute approximate surface area is 347 Å². The molecule has 6 rings (SSSR count). The van der Waals surface area contributed by atoms with Crippen LogP contribution in [0.15, 0.2) is 35.4 Å². The van der Waals surface area contributed by atoms with Gasteiger partial charge in [0.2, 0.25) is 0 Å². The molecule has 1 aromatic carbocycles. The van der Waals surface area contributed by atoms with Gasteiger partial charge in [0.05, 0.1) is 17.9 Å². The van der Waals surface area contributed by atoms with Gasteiger partial charge in [-0.05, 0) is 135 Å². The van der Waals surface area contributed by atoms with Crippen molar-refractivity contribution in [3.8, 4) is 0 Å². The molecule has 0 radical (unpaired) electrons. The van der Waals surface area contributed by atoms with Gasteiger partial charge in [-0.3, -0.25) is 19.3 Å². The summed E-state index contributed by atoms with van der Waals surface area (Å²) in [4.78, 5) is 41.6. The molecule has 0 bridgehead atoms. The summed E-state index contributed by atoms with van der Waals surface area (Å²) < 4.78 is 11.6. The molecular weight excluding hydrogens is 738 g/mol. The van der Waals surface area contributed by atoms with Crippen LogP contribution < -0.4 is 0 Å². The molecule has 5 aliphatic rings. The molecule has 5 aliphatic carbocycles. The van der Waals surface area contributed by atoms with Crippen molar-refractivity contribution in [1.82, 2.24) is 4.90 Å². The van der Waals surface area contributed by atoms with Crippen LogP contribution in [-0.2, 0) is 30.4 Å². The van der Waals surface area contributed by atoms with Crippen molar-refractivity contribution in [2.75, 3.05) is 26.8 Å². The average Bonchev–Trinajstić information content (AvgIpc) is 3.44. The molecule has 4 saturated carbocycles. The third kappa shape index (κ3) is 7.58. The number of ketones is 1. The second-order valence-electron chi connectivity index (χ2n) is 21.3. The fourth-order valence-corrected chi connectivity index (χ4v) is 14.0. The van der Waals surface area contributed by atoms with Crippen LogP contribution in [0.4, 0.5) is 0 Å². The van der Waals surface area contributed by atoms with Gasteiger partial charge in [-0.2, -0.15) is 0 Å². The molecule has 0 spiro atoms. The van der Waals surface area contributed by atoms with E-state index in [9.17, 15) is 24.6 Å². The van der Waals surface area contributed by atoms with Crippen LogP contribution in [0.3, 0.4) is 0 Å². The molecular formula is C48H72ClNO7. The molecule has 4 fully saturated rings. The summed E-state index contributed by atoms with van der Waals surface area (Å²) in [6.07, 6.45) is 7.91. The standard InChI is InChI=1S/C48H72ClNO7/c1-30(2)40-34(51)26-48(37(52)29-50(24-11-25-56-10)28-31-12-14-32(49)15-13-31)23-22-46(8)33(41(40)48)16-17-36-45(7)20-19-38(57-39(53)27-43(3,4)42(54)55)44(5,6)35(45)18-21-47(36,46)9/h12-15,30,33,35-38,52H,11,16-29H2,1-10H3,(H,54,55)/t33-,35+,36-,37?,38+,45+,46-,47-,48?/m1/s1. The third-order valence-corrected chi connectivity index (χ3v) is 17.3. The first-order chi connectivity index (χ1) is 26.6. The zero-order valence-electron chi connectivity index (χ0n) is 36.6. The molecule has 0 aromatic heterocycles. The molecule has 0 aliphatic heterocycles. The molecule has 2 N–H and O–H groups in total. The van der Waals surface area contributed by atoms with E-state index >= 15 is 0 Å². The van der Waals surface area contributed by atoms with E-state index in [2.05, 4.69) is 65.5 Å². The number of esters is 1. The Balaban J connectivity index is 1.28. The van der Waals surface area contributed by atoms with Crippen molar-refractivity contribution < 1.29 is 34.1 Å². The largest absolute Gasteiger partial charge is 0.481 e. The maximum atomic E-state index is 14.3. The number of aliphatic hydroxyl groups is 1. The lowest BCUT2D eigenvalue weighted by atomic mass is 9.33. The lowest BCUT2D eigenvalue weighted by Gasteiger charge is -2.72. The lowest BCUT2D eigenvalue weighted by molar-refractivity contribution is -0.235. The van der Waals surface area contributed by atoms with Gasteiger partial charge in [0.15, 0.2) is 5.78 Å². The first kappa shape index (κ1) is 44.3. The molecule has 57 heavy (non-hydrogen) atoms. The SMILES string of the molecule is COCCCN(Cc1ccc(Cl)cc1)CC(O)C12CC[C@]3(C)[C@H](CC[C@@H]4[C@@]5(C)CC[C@H](OC(=O)CC(C)(C)C(=O)O)C(C)(C)[C@@H]5CC[C@]43C)C1=C(C(C)C)C(=O)C2. The number of rotatable bonds is 14. The van der Waals surface area contributed by atoms with E-state index in [1.807, 2.05) is 12.1 Å². The summed E-state index contributed by atoms with van der Waals surface area (Å²) in [6.45, 7) is 22.3. The molecule has 0 heterocycles. The van der Waals surface area contributed by atoms with E-state index < -0.39 is 28.9 Å². The Morgan fingerprint density at radius 2 is 1.63 bits per heavy atom. The highest BCUT2D eigenvalue weighted by atomic mass is 35.5. The number of methoxy groups -OCH3 is 1. The number of aliphatic carboxylic acids is 1. The van der Waals surface area contributed by atoms with E-state index in [0.29, 0.717) is 43.0 Å². The van der Waals surface area contributed by atoms with Crippen molar-refractivity contribution in [3.63, 3.8) is 0 Å². The van der Waals surface area contributed by atoms with Gasteiger partial charge < -0.3 is 19.7 Å². The van der Waals surface area contributed by atoms with Gasteiger partial charge in [0.25, 0.3) is 0 Å². The number of aliphatic hydroxyl groups excluding tert-OH is 1. The second-order valence-corrected chi connectivity index (χ2v) is 21.7. The van der Waals surface area contributed by atoms with Crippen LogP contribution in [0.25, 0.3) is 0 Å². The summed E-state index contributed by atoms with van der Waals surface area (Å²) in [5.41, 5.74) is 1.48. The topological polar surface area (TPSA) is 113 Å². The minimum atomic E-state index is -1.17. The predicted octanol–water partition coefficient (Wildman–Crippen LogP) is 9.93. The monoisotopic (exact) mass is 809 g/mol. The second kappa shape index (κ2) is 16.0. The number of carboxylic acid groups (broad SMARTS) is 1. The molecule has 1 aromatic rings. The molecule has 318 valence electrons. The van der Waals surface area contributed by atoms with E-state index in [4.69, 9.17) is 21.1 Å². The molecule has 0 saturated heterocycles. The average molecular weight is 811 g/mol. The van der Waals surface area contributed by atoms with Crippen LogP contribution in [0.2, 0.25) is 5.02 Å². The van der Waals surface area contributed by atoms with Crippen molar-refractivity contribution in [2.24, 2.45) is 56.2 Å². The maximum Gasteiger partial charge on any atom is 0.309 e. The summed E-state index contributed by atoms with van der Waals surface area (Å²) in [5.74, 6) is -0.0329.